The van der Waals surface area contributed by atoms with Gasteiger partial charge in [0.1, 0.15) is 10.7 Å². The number of rotatable bonds is 4. The maximum Gasteiger partial charge on any atom is 0.179 e. The van der Waals surface area contributed by atoms with Gasteiger partial charge >= 0.3 is 0 Å². The molecule has 0 saturated carbocycles. The Balaban J connectivity index is 2.23. The molecule has 96 valence electrons. The minimum absolute atomic E-state index is 0.200. The summed E-state index contributed by atoms with van der Waals surface area (Å²) in [7, 11) is -3.28. The zero-order chi connectivity index (χ0) is 13.2. The van der Waals surface area contributed by atoms with Gasteiger partial charge < -0.3 is 5.32 Å². The molecule has 0 saturated heterocycles. The van der Waals surface area contributed by atoms with E-state index in [1.54, 1.807) is 18.5 Å². The van der Waals surface area contributed by atoms with E-state index in [0.717, 1.165) is 17.5 Å². The number of nitrogens with zero attached hydrogens (tertiary/aromatic N) is 2. The van der Waals surface area contributed by atoms with Crippen molar-refractivity contribution >= 4 is 15.7 Å². The highest BCUT2D eigenvalue weighted by atomic mass is 32.2. The summed E-state index contributed by atoms with van der Waals surface area (Å²) in [5.41, 5.74) is 1.92. The Morgan fingerprint density at radius 1 is 1.44 bits per heavy atom. The lowest BCUT2D eigenvalue weighted by Gasteiger charge is -2.08. The summed E-state index contributed by atoms with van der Waals surface area (Å²) >= 11 is 0. The molecule has 0 aromatic carbocycles. The smallest absolute Gasteiger partial charge is 0.179 e. The Bertz CT molecular complexity index is 649. The number of aromatic amines is 1. The van der Waals surface area contributed by atoms with Crippen LogP contribution in [0.2, 0.25) is 0 Å². The quantitative estimate of drug-likeness (QED) is 0.866. The zero-order valence-corrected chi connectivity index (χ0v) is 11.0. The van der Waals surface area contributed by atoms with Crippen molar-refractivity contribution in [1.29, 1.82) is 0 Å². The molecule has 2 N–H and O–H groups in total. The van der Waals surface area contributed by atoms with Gasteiger partial charge in [0.15, 0.2) is 9.84 Å². The first-order valence-electron chi connectivity index (χ1n) is 5.36. The van der Waals surface area contributed by atoms with Crippen LogP contribution in [0, 0.1) is 6.92 Å². The molecule has 0 bridgehead atoms. The van der Waals surface area contributed by atoms with Crippen LogP contribution in [-0.4, -0.2) is 29.9 Å². The number of sulfone groups is 1. The van der Waals surface area contributed by atoms with Gasteiger partial charge in [-0.15, -0.1) is 0 Å². The van der Waals surface area contributed by atoms with Crippen LogP contribution in [0.4, 0.5) is 5.82 Å². The van der Waals surface area contributed by atoms with E-state index in [0.29, 0.717) is 12.4 Å². The molecule has 2 aromatic rings. The fourth-order valence-electron chi connectivity index (χ4n) is 1.56. The van der Waals surface area contributed by atoms with Crippen molar-refractivity contribution in [3.63, 3.8) is 0 Å². The molecule has 2 rings (SSSR count). The van der Waals surface area contributed by atoms with Crippen molar-refractivity contribution in [2.45, 2.75) is 18.4 Å². The minimum atomic E-state index is -3.28. The topological polar surface area (TPSA) is 87.7 Å². The van der Waals surface area contributed by atoms with E-state index in [9.17, 15) is 8.42 Å². The van der Waals surface area contributed by atoms with E-state index in [4.69, 9.17) is 0 Å². The minimum Gasteiger partial charge on any atom is -0.365 e. The molecule has 0 aliphatic rings. The van der Waals surface area contributed by atoms with Crippen molar-refractivity contribution in [2.24, 2.45) is 0 Å². The second kappa shape index (κ2) is 4.77. The van der Waals surface area contributed by atoms with Crippen molar-refractivity contribution in [1.82, 2.24) is 15.2 Å². The third-order valence-electron chi connectivity index (χ3n) is 2.55. The van der Waals surface area contributed by atoms with E-state index >= 15 is 0 Å². The fraction of sp³-hybridized carbons (Fsp3) is 0.273. The van der Waals surface area contributed by atoms with Crippen LogP contribution in [-0.2, 0) is 16.4 Å². The summed E-state index contributed by atoms with van der Waals surface area (Å²) in [5.74, 6) is 0.362. The Labute approximate surface area is 105 Å². The Hall–Kier alpha value is -1.89. The van der Waals surface area contributed by atoms with E-state index in [2.05, 4.69) is 20.5 Å². The molecule has 0 radical (unpaired) electrons. The Morgan fingerprint density at radius 3 is 2.83 bits per heavy atom. The first kappa shape index (κ1) is 12.6. The SMILES string of the molecule is Cc1[nH]ncc1CNc1ncccc1S(C)(=O)=O. The van der Waals surface area contributed by atoms with Crippen molar-refractivity contribution in [3.05, 3.63) is 35.8 Å². The van der Waals surface area contributed by atoms with Crippen LogP contribution >= 0.6 is 0 Å². The van der Waals surface area contributed by atoms with E-state index in [-0.39, 0.29) is 4.90 Å². The molecule has 0 fully saturated rings. The number of H-pyrrole nitrogens is 1. The highest BCUT2D eigenvalue weighted by Gasteiger charge is 2.13. The van der Waals surface area contributed by atoms with Crippen LogP contribution in [0.1, 0.15) is 11.3 Å². The summed E-state index contributed by atoms with van der Waals surface area (Å²) < 4.78 is 23.2. The lowest BCUT2D eigenvalue weighted by atomic mass is 10.2. The van der Waals surface area contributed by atoms with Gasteiger partial charge in [0.25, 0.3) is 0 Å². The fourth-order valence-corrected chi connectivity index (χ4v) is 2.36. The second-order valence-corrected chi connectivity index (χ2v) is 5.98. The van der Waals surface area contributed by atoms with Gasteiger partial charge in [0.2, 0.25) is 0 Å². The van der Waals surface area contributed by atoms with Crippen molar-refractivity contribution in [2.75, 3.05) is 11.6 Å². The van der Waals surface area contributed by atoms with Crippen LogP contribution in [0.25, 0.3) is 0 Å². The third kappa shape index (κ3) is 2.67. The predicted molar refractivity (Wildman–Crippen MR) is 68.0 cm³/mol. The number of pyridine rings is 1. The molecule has 0 spiro atoms. The van der Waals surface area contributed by atoms with Crippen molar-refractivity contribution < 1.29 is 8.42 Å². The van der Waals surface area contributed by atoms with Gasteiger partial charge in [0, 0.05) is 30.3 Å². The Morgan fingerprint density at radius 2 is 2.22 bits per heavy atom. The molecule has 0 aliphatic heterocycles. The van der Waals surface area contributed by atoms with Gasteiger partial charge in [-0.1, -0.05) is 0 Å². The van der Waals surface area contributed by atoms with E-state index < -0.39 is 9.84 Å². The van der Waals surface area contributed by atoms with Crippen LogP contribution < -0.4 is 5.32 Å². The van der Waals surface area contributed by atoms with Gasteiger partial charge in [-0.3, -0.25) is 5.10 Å². The van der Waals surface area contributed by atoms with Gasteiger partial charge in [-0.2, -0.15) is 5.10 Å². The summed E-state index contributed by atoms with van der Waals surface area (Å²) in [4.78, 5) is 4.25. The average Bonchev–Trinajstić information content (AvgIpc) is 2.71. The lowest BCUT2D eigenvalue weighted by Crippen LogP contribution is -2.08. The lowest BCUT2D eigenvalue weighted by molar-refractivity contribution is 0.601. The van der Waals surface area contributed by atoms with Gasteiger partial charge in [-0.05, 0) is 19.1 Å². The molecule has 2 heterocycles. The average molecular weight is 266 g/mol. The van der Waals surface area contributed by atoms with Crippen LogP contribution in [0.5, 0.6) is 0 Å². The number of anilines is 1. The molecular weight excluding hydrogens is 252 g/mol. The molecule has 2 aromatic heterocycles. The van der Waals surface area contributed by atoms with Gasteiger partial charge in [-0.25, -0.2) is 13.4 Å². The zero-order valence-electron chi connectivity index (χ0n) is 10.1. The summed E-state index contributed by atoms with van der Waals surface area (Å²) in [6, 6.07) is 3.14. The number of hydrogen-bond acceptors (Lipinski definition) is 5. The summed E-state index contributed by atoms with van der Waals surface area (Å²) in [5, 5.41) is 9.74. The highest BCUT2D eigenvalue weighted by molar-refractivity contribution is 7.90. The molecule has 0 amide bonds. The molecule has 0 unspecified atom stereocenters. The normalized spacial score (nSPS) is 11.4. The number of aryl methyl sites for hydroxylation is 1. The summed E-state index contributed by atoms with van der Waals surface area (Å²) in [6.07, 6.45) is 4.42. The predicted octanol–water partition coefficient (Wildman–Crippen LogP) is 1.13. The summed E-state index contributed by atoms with van der Waals surface area (Å²) in [6.45, 7) is 2.38. The number of nitrogens with one attached hydrogen (secondary N) is 2. The number of hydrogen-bond donors (Lipinski definition) is 2. The molecular formula is C11H14N4O2S. The van der Waals surface area contributed by atoms with Crippen molar-refractivity contribution in [3.8, 4) is 0 Å². The maximum absolute atomic E-state index is 11.6. The van der Waals surface area contributed by atoms with E-state index in [1.165, 1.54) is 6.07 Å². The highest BCUT2D eigenvalue weighted by Crippen LogP contribution is 2.18. The standard InChI is InChI=1S/C11H14N4O2S/c1-8-9(7-14-15-8)6-13-11-10(18(2,16)17)4-3-5-12-11/h3-5,7H,6H2,1-2H3,(H,12,13)(H,14,15). The van der Waals surface area contributed by atoms with Crippen LogP contribution in [0.15, 0.2) is 29.4 Å². The van der Waals surface area contributed by atoms with Crippen LogP contribution in [0.3, 0.4) is 0 Å². The van der Waals surface area contributed by atoms with Gasteiger partial charge in [0.05, 0.1) is 6.20 Å². The first-order chi connectivity index (χ1) is 8.48. The molecule has 0 aliphatic carbocycles. The first-order valence-corrected chi connectivity index (χ1v) is 7.25. The monoisotopic (exact) mass is 266 g/mol. The largest absolute Gasteiger partial charge is 0.365 e. The molecule has 7 heteroatoms. The number of aromatic nitrogens is 3. The molecule has 18 heavy (non-hydrogen) atoms. The molecule has 0 atom stereocenters. The second-order valence-electron chi connectivity index (χ2n) is 4.00. The van der Waals surface area contributed by atoms with E-state index in [1.807, 2.05) is 6.92 Å². The molecule has 6 nitrogen and oxygen atoms in total. The third-order valence-corrected chi connectivity index (χ3v) is 3.68. The maximum atomic E-state index is 11.6. The Kier molecular flexibility index (Phi) is 3.33.